The third-order valence-corrected chi connectivity index (χ3v) is 2.48. The summed E-state index contributed by atoms with van der Waals surface area (Å²) in [4.78, 5) is 22.8. The van der Waals surface area contributed by atoms with Gasteiger partial charge in [0.1, 0.15) is 11.7 Å². The first-order valence-electron chi connectivity index (χ1n) is 5.69. The van der Waals surface area contributed by atoms with E-state index < -0.39 is 5.92 Å². The Balaban J connectivity index is 4.27. The molecule has 0 bridgehead atoms. The molecule has 0 radical (unpaired) electrons. The van der Waals surface area contributed by atoms with Crippen molar-refractivity contribution in [1.29, 1.82) is 0 Å². The van der Waals surface area contributed by atoms with Crippen molar-refractivity contribution in [2.24, 2.45) is 11.8 Å². The van der Waals surface area contributed by atoms with Crippen molar-refractivity contribution in [2.75, 3.05) is 6.61 Å². The monoisotopic (exact) mass is 214 g/mol. The number of carbonyl (C=O) groups is 2. The molecule has 0 fully saturated rings. The lowest BCUT2D eigenvalue weighted by atomic mass is 9.90. The molecule has 0 amide bonds. The van der Waals surface area contributed by atoms with E-state index >= 15 is 0 Å². The Hall–Kier alpha value is -0.860. The molecule has 88 valence electrons. The van der Waals surface area contributed by atoms with Crippen LogP contribution in [-0.2, 0) is 14.3 Å². The van der Waals surface area contributed by atoms with Crippen molar-refractivity contribution in [1.82, 2.24) is 0 Å². The highest BCUT2D eigenvalue weighted by atomic mass is 16.5. The van der Waals surface area contributed by atoms with Crippen LogP contribution in [-0.4, -0.2) is 18.4 Å². The maximum atomic E-state index is 11.5. The highest BCUT2D eigenvalue weighted by Crippen LogP contribution is 2.19. The quantitative estimate of drug-likeness (QED) is 0.483. The van der Waals surface area contributed by atoms with Crippen molar-refractivity contribution in [3.8, 4) is 0 Å². The molecule has 0 aliphatic heterocycles. The van der Waals surface area contributed by atoms with Gasteiger partial charge in [-0.1, -0.05) is 26.7 Å². The van der Waals surface area contributed by atoms with Crippen LogP contribution in [0.2, 0.25) is 0 Å². The largest absolute Gasteiger partial charge is 0.465 e. The summed E-state index contributed by atoms with van der Waals surface area (Å²) >= 11 is 0. The minimum Gasteiger partial charge on any atom is -0.465 e. The minimum absolute atomic E-state index is 0.0867. The molecule has 2 unspecified atom stereocenters. The predicted molar refractivity (Wildman–Crippen MR) is 59.5 cm³/mol. The molecule has 15 heavy (non-hydrogen) atoms. The Bertz CT molecular complexity index is 211. The number of hydrogen-bond acceptors (Lipinski definition) is 3. The van der Waals surface area contributed by atoms with Crippen LogP contribution in [0.4, 0.5) is 0 Å². The number of Topliss-reactive ketones (excluding diaryl/α,β-unsaturated/α-hetero) is 1. The molecule has 0 spiro atoms. The Labute approximate surface area is 92.2 Å². The van der Waals surface area contributed by atoms with Crippen molar-refractivity contribution >= 4 is 11.8 Å². The van der Waals surface area contributed by atoms with Crippen LogP contribution in [0.1, 0.15) is 47.0 Å². The number of carbonyl (C=O) groups excluding carboxylic acids is 2. The van der Waals surface area contributed by atoms with Crippen molar-refractivity contribution < 1.29 is 14.3 Å². The molecule has 0 rings (SSSR count). The van der Waals surface area contributed by atoms with Crippen LogP contribution >= 0.6 is 0 Å². The molecule has 3 heteroatoms. The van der Waals surface area contributed by atoms with Gasteiger partial charge in [-0.3, -0.25) is 9.59 Å². The minimum atomic E-state index is -0.563. The Morgan fingerprint density at radius 2 is 1.87 bits per heavy atom. The van der Waals surface area contributed by atoms with Gasteiger partial charge in [0.05, 0.1) is 6.61 Å². The van der Waals surface area contributed by atoms with E-state index in [0.29, 0.717) is 18.9 Å². The lowest BCUT2D eigenvalue weighted by molar-refractivity contribution is -0.151. The molecule has 0 heterocycles. The Kier molecular flexibility index (Phi) is 7.01. The molecular weight excluding hydrogens is 192 g/mol. The Morgan fingerprint density at radius 3 is 2.27 bits per heavy atom. The molecule has 0 aromatic heterocycles. The second-order valence-corrected chi connectivity index (χ2v) is 4.04. The van der Waals surface area contributed by atoms with Gasteiger partial charge in [0, 0.05) is 0 Å². The molecule has 0 N–H and O–H groups in total. The third kappa shape index (κ3) is 5.55. The lowest BCUT2D eigenvalue weighted by Gasteiger charge is -2.16. The summed E-state index contributed by atoms with van der Waals surface area (Å²) in [6, 6.07) is 0. The zero-order valence-electron chi connectivity index (χ0n) is 10.2. The first kappa shape index (κ1) is 14.1. The fourth-order valence-electron chi connectivity index (χ4n) is 1.68. The smallest absolute Gasteiger partial charge is 0.316 e. The van der Waals surface area contributed by atoms with Crippen LogP contribution in [0.15, 0.2) is 0 Å². The number of ether oxygens (including phenoxy) is 1. The predicted octanol–water partition coefficient (Wildman–Crippen LogP) is 2.58. The van der Waals surface area contributed by atoms with Crippen LogP contribution in [0, 0.1) is 11.8 Å². The van der Waals surface area contributed by atoms with Gasteiger partial charge in [-0.25, -0.2) is 0 Å². The maximum absolute atomic E-state index is 11.5. The number of ketones is 1. The van der Waals surface area contributed by atoms with E-state index in [4.69, 9.17) is 4.74 Å². The zero-order chi connectivity index (χ0) is 11.8. The molecule has 0 aromatic carbocycles. The molecule has 3 nitrogen and oxygen atoms in total. The lowest BCUT2D eigenvalue weighted by Crippen LogP contribution is -2.26. The maximum Gasteiger partial charge on any atom is 0.316 e. The topological polar surface area (TPSA) is 43.4 Å². The highest BCUT2D eigenvalue weighted by molar-refractivity contribution is 5.97. The van der Waals surface area contributed by atoms with Gasteiger partial charge in [-0.2, -0.15) is 0 Å². The van der Waals surface area contributed by atoms with E-state index in [2.05, 4.69) is 13.8 Å². The fraction of sp³-hybridized carbons (Fsp3) is 0.833. The van der Waals surface area contributed by atoms with Crippen LogP contribution < -0.4 is 0 Å². The molecule has 2 atom stereocenters. The van der Waals surface area contributed by atoms with Gasteiger partial charge >= 0.3 is 5.97 Å². The van der Waals surface area contributed by atoms with Crippen LogP contribution in [0.3, 0.4) is 0 Å². The molecule has 0 saturated heterocycles. The summed E-state index contributed by atoms with van der Waals surface area (Å²) in [5, 5.41) is 0. The van der Waals surface area contributed by atoms with Crippen LogP contribution in [0.5, 0.6) is 0 Å². The normalized spacial score (nSPS) is 14.4. The van der Waals surface area contributed by atoms with Gasteiger partial charge in [-0.05, 0) is 26.2 Å². The van der Waals surface area contributed by atoms with E-state index in [1.54, 1.807) is 6.92 Å². The summed E-state index contributed by atoms with van der Waals surface area (Å²) < 4.78 is 4.88. The summed E-state index contributed by atoms with van der Waals surface area (Å²) in [5.74, 6) is -0.621. The summed E-state index contributed by atoms with van der Waals surface area (Å²) in [6.07, 6.45) is 2.74. The van der Waals surface area contributed by atoms with Crippen molar-refractivity contribution in [3.05, 3.63) is 0 Å². The van der Waals surface area contributed by atoms with Crippen LogP contribution in [0.25, 0.3) is 0 Å². The van der Waals surface area contributed by atoms with E-state index in [0.717, 1.165) is 12.8 Å². The first-order valence-corrected chi connectivity index (χ1v) is 5.69. The standard InChI is InChI=1S/C12H22O3/c1-5-7-9(3)8-11(10(4)13)12(14)15-6-2/h9,11H,5-8H2,1-4H3. The summed E-state index contributed by atoms with van der Waals surface area (Å²) in [6.45, 7) is 7.72. The van der Waals surface area contributed by atoms with E-state index in [1.807, 2.05) is 0 Å². The molecule has 0 aliphatic carbocycles. The van der Waals surface area contributed by atoms with E-state index in [-0.39, 0.29) is 11.8 Å². The van der Waals surface area contributed by atoms with E-state index in [9.17, 15) is 9.59 Å². The first-order chi connectivity index (χ1) is 7.02. The number of hydrogen-bond donors (Lipinski definition) is 0. The molecular formula is C12H22O3. The average Bonchev–Trinajstić information content (AvgIpc) is 2.14. The van der Waals surface area contributed by atoms with Gasteiger partial charge < -0.3 is 4.74 Å². The second kappa shape index (κ2) is 7.43. The molecule has 0 aromatic rings. The number of rotatable bonds is 7. The van der Waals surface area contributed by atoms with Crippen molar-refractivity contribution in [2.45, 2.75) is 47.0 Å². The zero-order valence-corrected chi connectivity index (χ0v) is 10.2. The van der Waals surface area contributed by atoms with Gasteiger partial charge in [0.15, 0.2) is 0 Å². The average molecular weight is 214 g/mol. The highest BCUT2D eigenvalue weighted by Gasteiger charge is 2.26. The van der Waals surface area contributed by atoms with Gasteiger partial charge in [0.2, 0.25) is 0 Å². The molecule has 0 aliphatic rings. The fourth-order valence-corrected chi connectivity index (χ4v) is 1.68. The van der Waals surface area contributed by atoms with E-state index in [1.165, 1.54) is 6.92 Å². The molecule has 0 saturated carbocycles. The Morgan fingerprint density at radius 1 is 1.27 bits per heavy atom. The third-order valence-electron chi connectivity index (χ3n) is 2.48. The van der Waals surface area contributed by atoms with Gasteiger partial charge in [0.25, 0.3) is 0 Å². The summed E-state index contributed by atoms with van der Waals surface area (Å²) in [7, 11) is 0. The van der Waals surface area contributed by atoms with Gasteiger partial charge in [-0.15, -0.1) is 0 Å². The summed E-state index contributed by atoms with van der Waals surface area (Å²) in [5.41, 5.74) is 0. The second-order valence-electron chi connectivity index (χ2n) is 4.04. The number of esters is 1. The van der Waals surface area contributed by atoms with Crippen molar-refractivity contribution in [3.63, 3.8) is 0 Å². The SMILES string of the molecule is CCCC(C)CC(C(C)=O)C(=O)OCC.